The minimum absolute atomic E-state index is 0.218. The van der Waals surface area contributed by atoms with E-state index >= 15 is 0 Å². The second-order valence-electron chi connectivity index (χ2n) is 7.48. The highest BCUT2D eigenvalue weighted by molar-refractivity contribution is 5.73. The zero-order chi connectivity index (χ0) is 17.1. The van der Waals surface area contributed by atoms with E-state index in [1.807, 2.05) is 4.90 Å². The fourth-order valence-electron chi connectivity index (χ4n) is 4.30. The minimum atomic E-state index is 0.218. The Kier molecular flexibility index (Phi) is 5.57. The van der Waals surface area contributed by atoms with Crippen LogP contribution >= 0.6 is 0 Å². The van der Waals surface area contributed by atoms with Crippen molar-refractivity contribution in [1.82, 2.24) is 14.7 Å². The molecule has 2 fully saturated rings. The Morgan fingerprint density at radius 2 is 1.83 bits per heavy atom. The van der Waals surface area contributed by atoms with Gasteiger partial charge >= 0.3 is 0 Å². The molecule has 4 nitrogen and oxygen atoms in total. The fraction of sp³-hybridized carbons (Fsp3) is 0.650. The van der Waals surface area contributed by atoms with Crippen LogP contribution in [0, 0.1) is 5.92 Å². The van der Waals surface area contributed by atoms with Crippen LogP contribution < -0.4 is 0 Å². The first-order valence-corrected chi connectivity index (χ1v) is 9.35. The standard InChI is InChI=1S/C20H31N3O/c1-16-14-23(17(2)19-8-5-4-6-9-19)15-20(16)22-11-7-10-21(12-13-22)18(3)24/h4-6,8-9,16-17,20H,7,10-15H2,1-3H3/t16-,17+,20+/m0/s1. The number of nitrogens with zero attached hydrogens (tertiary/aromatic N) is 3. The summed E-state index contributed by atoms with van der Waals surface area (Å²) >= 11 is 0. The summed E-state index contributed by atoms with van der Waals surface area (Å²) in [5.41, 5.74) is 1.41. The van der Waals surface area contributed by atoms with Crippen LogP contribution in [0.4, 0.5) is 0 Å². The molecule has 0 aromatic heterocycles. The first kappa shape index (κ1) is 17.4. The summed E-state index contributed by atoms with van der Waals surface area (Å²) < 4.78 is 0. The highest BCUT2D eigenvalue weighted by Gasteiger charge is 2.36. The molecule has 0 unspecified atom stereocenters. The fourth-order valence-corrected chi connectivity index (χ4v) is 4.30. The monoisotopic (exact) mass is 329 g/mol. The Morgan fingerprint density at radius 3 is 2.54 bits per heavy atom. The van der Waals surface area contributed by atoms with Crippen molar-refractivity contribution in [2.75, 3.05) is 39.3 Å². The molecule has 0 N–H and O–H groups in total. The van der Waals surface area contributed by atoms with E-state index in [0.717, 1.165) is 45.7 Å². The number of hydrogen-bond donors (Lipinski definition) is 0. The molecule has 4 heteroatoms. The van der Waals surface area contributed by atoms with Gasteiger partial charge < -0.3 is 4.90 Å². The zero-order valence-electron chi connectivity index (χ0n) is 15.3. The second-order valence-corrected chi connectivity index (χ2v) is 7.48. The molecule has 3 rings (SSSR count). The summed E-state index contributed by atoms with van der Waals surface area (Å²) in [5, 5.41) is 0. The summed E-state index contributed by atoms with van der Waals surface area (Å²) in [6.45, 7) is 12.6. The van der Waals surface area contributed by atoms with Crippen LogP contribution in [0.3, 0.4) is 0 Å². The van der Waals surface area contributed by atoms with Gasteiger partial charge in [-0.25, -0.2) is 0 Å². The number of carbonyl (C=O) groups is 1. The third kappa shape index (κ3) is 3.81. The van der Waals surface area contributed by atoms with Crippen molar-refractivity contribution in [3.8, 4) is 0 Å². The van der Waals surface area contributed by atoms with Crippen molar-refractivity contribution in [3.63, 3.8) is 0 Å². The quantitative estimate of drug-likeness (QED) is 0.853. The van der Waals surface area contributed by atoms with Crippen LogP contribution in [0.15, 0.2) is 30.3 Å². The van der Waals surface area contributed by atoms with Crippen LogP contribution in [0.1, 0.15) is 38.8 Å². The average molecular weight is 329 g/mol. The molecule has 24 heavy (non-hydrogen) atoms. The Morgan fingerprint density at radius 1 is 1.08 bits per heavy atom. The van der Waals surface area contributed by atoms with Gasteiger partial charge in [-0.2, -0.15) is 0 Å². The van der Waals surface area contributed by atoms with Crippen LogP contribution in [0.5, 0.6) is 0 Å². The van der Waals surface area contributed by atoms with E-state index in [0.29, 0.717) is 18.0 Å². The van der Waals surface area contributed by atoms with Crippen molar-refractivity contribution in [2.24, 2.45) is 5.92 Å². The number of carbonyl (C=O) groups excluding carboxylic acids is 1. The van der Waals surface area contributed by atoms with Crippen LogP contribution in [-0.2, 0) is 4.79 Å². The predicted octanol–water partition coefficient (Wildman–Crippen LogP) is 2.62. The van der Waals surface area contributed by atoms with Gasteiger partial charge in [0.15, 0.2) is 0 Å². The molecule has 1 amide bonds. The molecular weight excluding hydrogens is 298 g/mol. The highest BCUT2D eigenvalue weighted by Crippen LogP contribution is 2.30. The van der Waals surface area contributed by atoms with Gasteiger partial charge in [0, 0.05) is 58.3 Å². The summed E-state index contributed by atoms with van der Waals surface area (Å²) in [4.78, 5) is 18.9. The number of benzene rings is 1. The molecule has 2 heterocycles. The molecule has 1 aromatic carbocycles. The summed E-state index contributed by atoms with van der Waals surface area (Å²) in [6.07, 6.45) is 1.09. The first-order valence-electron chi connectivity index (χ1n) is 9.35. The smallest absolute Gasteiger partial charge is 0.219 e. The maximum absolute atomic E-state index is 11.6. The molecule has 2 saturated heterocycles. The molecule has 0 aliphatic carbocycles. The molecule has 2 aliphatic heterocycles. The minimum Gasteiger partial charge on any atom is -0.342 e. The van der Waals surface area contributed by atoms with E-state index in [2.05, 4.69) is 54.0 Å². The van der Waals surface area contributed by atoms with Gasteiger partial charge in [0.1, 0.15) is 0 Å². The van der Waals surface area contributed by atoms with E-state index in [4.69, 9.17) is 0 Å². The lowest BCUT2D eigenvalue weighted by atomic mass is 10.0. The van der Waals surface area contributed by atoms with Crippen molar-refractivity contribution in [3.05, 3.63) is 35.9 Å². The van der Waals surface area contributed by atoms with E-state index in [1.54, 1.807) is 6.92 Å². The number of rotatable bonds is 3. The van der Waals surface area contributed by atoms with Gasteiger partial charge in [0.25, 0.3) is 0 Å². The van der Waals surface area contributed by atoms with Crippen LogP contribution in [0.25, 0.3) is 0 Å². The summed E-state index contributed by atoms with van der Waals surface area (Å²) in [7, 11) is 0. The van der Waals surface area contributed by atoms with E-state index in [1.165, 1.54) is 5.56 Å². The first-order chi connectivity index (χ1) is 11.6. The number of likely N-dealkylation sites (tertiary alicyclic amines) is 1. The van der Waals surface area contributed by atoms with Gasteiger partial charge in [-0.1, -0.05) is 37.3 Å². The number of hydrogen-bond acceptors (Lipinski definition) is 3. The zero-order valence-corrected chi connectivity index (χ0v) is 15.3. The molecule has 0 spiro atoms. The van der Waals surface area contributed by atoms with Gasteiger partial charge in [0.05, 0.1) is 0 Å². The highest BCUT2D eigenvalue weighted by atomic mass is 16.2. The lowest BCUT2D eigenvalue weighted by molar-refractivity contribution is -0.128. The SMILES string of the molecule is CC(=O)N1CCCN([C@@H]2CN([C@H](C)c3ccccc3)C[C@@H]2C)CC1. The predicted molar refractivity (Wildman–Crippen MR) is 97.8 cm³/mol. The normalized spacial score (nSPS) is 27.9. The third-order valence-corrected chi connectivity index (χ3v) is 5.88. The maximum Gasteiger partial charge on any atom is 0.219 e. The Labute approximate surface area is 146 Å². The summed E-state index contributed by atoms with van der Waals surface area (Å²) in [6, 6.07) is 11.9. The lowest BCUT2D eigenvalue weighted by Gasteiger charge is -2.31. The van der Waals surface area contributed by atoms with Gasteiger partial charge in [-0.15, -0.1) is 0 Å². The lowest BCUT2D eigenvalue weighted by Crippen LogP contribution is -2.43. The molecule has 3 atom stereocenters. The Balaban J connectivity index is 1.62. The third-order valence-electron chi connectivity index (χ3n) is 5.88. The molecule has 132 valence electrons. The van der Waals surface area contributed by atoms with Gasteiger partial charge in [-0.3, -0.25) is 14.6 Å². The second kappa shape index (κ2) is 7.66. The van der Waals surface area contributed by atoms with E-state index in [-0.39, 0.29) is 5.91 Å². The summed E-state index contributed by atoms with van der Waals surface area (Å²) in [5.74, 6) is 0.899. The largest absolute Gasteiger partial charge is 0.342 e. The van der Waals surface area contributed by atoms with Crippen molar-refractivity contribution >= 4 is 5.91 Å². The Bertz CT molecular complexity index is 547. The molecule has 0 saturated carbocycles. The average Bonchev–Trinajstić information content (AvgIpc) is 2.82. The molecule has 1 aromatic rings. The number of amides is 1. The van der Waals surface area contributed by atoms with Crippen molar-refractivity contribution in [1.29, 1.82) is 0 Å². The maximum atomic E-state index is 11.6. The topological polar surface area (TPSA) is 26.8 Å². The van der Waals surface area contributed by atoms with E-state index < -0.39 is 0 Å². The van der Waals surface area contributed by atoms with Gasteiger partial charge in [-0.05, 0) is 24.8 Å². The molecule has 2 aliphatic rings. The van der Waals surface area contributed by atoms with Crippen molar-refractivity contribution in [2.45, 2.75) is 39.3 Å². The molecular formula is C20H31N3O. The van der Waals surface area contributed by atoms with E-state index in [9.17, 15) is 4.79 Å². The molecule has 0 radical (unpaired) electrons. The van der Waals surface area contributed by atoms with Crippen molar-refractivity contribution < 1.29 is 4.79 Å². The molecule has 0 bridgehead atoms. The van der Waals surface area contributed by atoms with Crippen LogP contribution in [0.2, 0.25) is 0 Å². The van der Waals surface area contributed by atoms with Gasteiger partial charge in [0.2, 0.25) is 5.91 Å². The Hall–Kier alpha value is -1.39. The van der Waals surface area contributed by atoms with Crippen LogP contribution in [-0.4, -0.2) is 65.9 Å².